The molecule has 3 aromatic rings. The summed E-state index contributed by atoms with van der Waals surface area (Å²) in [6, 6.07) is 0. The van der Waals surface area contributed by atoms with Gasteiger partial charge >= 0.3 is 0 Å². The van der Waals surface area contributed by atoms with Crippen molar-refractivity contribution in [1.29, 1.82) is 0 Å². The van der Waals surface area contributed by atoms with Gasteiger partial charge in [0, 0.05) is 12.7 Å². The number of nitrogens with zero attached hydrogens (tertiary/aromatic N) is 7. The Hall–Kier alpha value is -2.51. The molecule has 110 valence electrons. The molecule has 1 N–H and O–H groups in total. The number of hydrogen-bond donors (Lipinski definition) is 1. The second-order valence-corrected chi connectivity index (χ2v) is 5.78. The third kappa shape index (κ3) is 2.69. The van der Waals surface area contributed by atoms with Gasteiger partial charge in [0.25, 0.3) is 0 Å². The smallest absolute Gasteiger partial charge is 0.163 e. The van der Waals surface area contributed by atoms with Crippen molar-refractivity contribution in [2.75, 3.05) is 11.9 Å². The third-order valence-corrected chi connectivity index (χ3v) is 3.11. The fraction of sp³-hybridized carbons (Fsp3) is 0.462. The van der Waals surface area contributed by atoms with Gasteiger partial charge in [0.2, 0.25) is 0 Å². The van der Waals surface area contributed by atoms with Crippen molar-refractivity contribution in [3.63, 3.8) is 0 Å². The molecule has 0 atom stereocenters. The summed E-state index contributed by atoms with van der Waals surface area (Å²) in [6.45, 7) is 7.72. The summed E-state index contributed by atoms with van der Waals surface area (Å²) in [6.07, 6.45) is 6.85. The van der Waals surface area contributed by atoms with Crippen molar-refractivity contribution < 1.29 is 0 Å². The van der Waals surface area contributed by atoms with Crippen molar-refractivity contribution in [3.8, 4) is 0 Å². The van der Waals surface area contributed by atoms with E-state index >= 15 is 0 Å². The summed E-state index contributed by atoms with van der Waals surface area (Å²) in [7, 11) is 0. The molecular formula is C13H18N8. The monoisotopic (exact) mass is 286 g/mol. The zero-order valence-corrected chi connectivity index (χ0v) is 12.4. The maximum atomic E-state index is 4.43. The highest BCUT2D eigenvalue weighted by atomic mass is 15.4. The molecule has 0 aliphatic rings. The van der Waals surface area contributed by atoms with E-state index in [1.54, 1.807) is 23.4 Å². The number of rotatable bonds is 4. The summed E-state index contributed by atoms with van der Waals surface area (Å²) >= 11 is 0. The Kier molecular flexibility index (Phi) is 3.28. The van der Waals surface area contributed by atoms with Gasteiger partial charge in [-0.2, -0.15) is 5.10 Å². The first-order valence-corrected chi connectivity index (χ1v) is 6.83. The first-order valence-electron chi connectivity index (χ1n) is 6.83. The minimum absolute atomic E-state index is 0.117. The van der Waals surface area contributed by atoms with Crippen molar-refractivity contribution in [2.24, 2.45) is 0 Å². The quantitative estimate of drug-likeness (QED) is 0.777. The molecule has 0 spiro atoms. The van der Waals surface area contributed by atoms with Crippen molar-refractivity contribution >= 4 is 16.9 Å². The van der Waals surface area contributed by atoms with E-state index < -0.39 is 0 Å². The van der Waals surface area contributed by atoms with Crippen LogP contribution in [0.4, 0.5) is 5.82 Å². The summed E-state index contributed by atoms with van der Waals surface area (Å²) in [5.74, 6) is 0.788. The Morgan fingerprint density at radius 1 is 1.24 bits per heavy atom. The molecule has 0 saturated carbocycles. The highest BCUT2D eigenvalue weighted by molar-refractivity contribution is 5.86. The van der Waals surface area contributed by atoms with E-state index in [2.05, 4.69) is 51.5 Å². The van der Waals surface area contributed by atoms with Crippen molar-refractivity contribution in [3.05, 3.63) is 24.9 Å². The number of anilines is 1. The van der Waals surface area contributed by atoms with E-state index in [1.807, 2.05) is 10.9 Å². The molecule has 8 heteroatoms. The van der Waals surface area contributed by atoms with Crippen LogP contribution in [0, 0.1) is 0 Å². The first kappa shape index (κ1) is 13.5. The van der Waals surface area contributed by atoms with Gasteiger partial charge in [-0.05, 0) is 20.8 Å². The second-order valence-electron chi connectivity index (χ2n) is 5.78. The topological polar surface area (TPSA) is 86.3 Å². The highest BCUT2D eigenvalue weighted by Gasteiger charge is 2.19. The summed E-state index contributed by atoms with van der Waals surface area (Å²) in [5, 5.41) is 16.3. The Balaban J connectivity index is 1.81. The molecule has 3 heterocycles. The standard InChI is InChI=1S/C13H18N8/c1-13(2,3)21-12-10(8-18-21)11(15-9-16-12)14-4-6-20-7-5-17-19-20/h5,7-9H,4,6H2,1-3H3,(H,14,15,16). The van der Waals surface area contributed by atoms with E-state index in [0.29, 0.717) is 6.54 Å². The molecule has 0 bridgehead atoms. The van der Waals surface area contributed by atoms with Crippen LogP contribution < -0.4 is 5.32 Å². The Bertz CT molecular complexity index is 722. The lowest BCUT2D eigenvalue weighted by Crippen LogP contribution is -2.23. The molecule has 0 aliphatic carbocycles. The Morgan fingerprint density at radius 2 is 2.10 bits per heavy atom. The number of fused-ring (bicyclic) bond motifs is 1. The molecule has 8 nitrogen and oxygen atoms in total. The largest absolute Gasteiger partial charge is 0.367 e. The van der Waals surface area contributed by atoms with Crippen LogP contribution in [-0.2, 0) is 12.1 Å². The molecule has 0 saturated heterocycles. The van der Waals surface area contributed by atoms with Gasteiger partial charge in [-0.1, -0.05) is 5.21 Å². The lowest BCUT2D eigenvalue weighted by Gasteiger charge is -2.19. The fourth-order valence-electron chi connectivity index (χ4n) is 2.12. The van der Waals surface area contributed by atoms with Crippen LogP contribution in [0.3, 0.4) is 0 Å². The zero-order chi connectivity index (χ0) is 14.9. The normalized spacial score (nSPS) is 12.0. The molecule has 3 aromatic heterocycles. The second kappa shape index (κ2) is 5.12. The fourth-order valence-corrected chi connectivity index (χ4v) is 2.12. The van der Waals surface area contributed by atoms with Crippen molar-refractivity contribution in [1.82, 2.24) is 34.7 Å². The molecule has 0 amide bonds. The minimum atomic E-state index is -0.117. The van der Waals surface area contributed by atoms with Crippen LogP contribution >= 0.6 is 0 Å². The van der Waals surface area contributed by atoms with E-state index in [4.69, 9.17) is 0 Å². The average Bonchev–Trinajstić information content (AvgIpc) is 3.06. The first-order chi connectivity index (χ1) is 10.1. The maximum absolute atomic E-state index is 4.43. The lowest BCUT2D eigenvalue weighted by molar-refractivity contribution is 0.366. The van der Waals surface area contributed by atoms with Gasteiger partial charge in [-0.25, -0.2) is 14.6 Å². The number of hydrogen-bond acceptors (Lipinski definition) is 6. The van der Waals surface area contributed by atoms with Gasteiger partial charge < -0.3 is 5.32 Å². The lowest BCUT2D eigenvalue weighted by atomic mass is 10.1. The predicted octanol–water partition coefficient (Wildman–Crippen LogP) is 1.28. The van der Waals surface area contributed by atoms with Crippen LogP contribution in [0.25, 0.3) is 11.0 Å². The van der Waals surface area contributed by atoms with Gasteiger partial charge in [0.05, 0.1) is 29.9 Å². The number of aromatic nitrogens is 7. The minimum Gasteiger partial charge on any atom is -0.367 e. The SMILES string of the molecule is CC(C)(C)n1ncc2c(NCCn3ccnn3)ncnc21. The van der Waals surface area contributed by atoms with E-state index in [9.17, 15) is 0 Å². The molecule has 0 aliphatic heterocycles. The molecule has 3 rings (SSSR count). The number of nitrogens with one attached hydrogen (secondary N) is 1. The average molecular weight is 286 g/mol. The molecule has 0 fully saturated rings. The van der Waals surface area contributed by atoms with E-state index in [-0.39, 0.29) is 5.54 Å². The molecule has 21 heavy (non-hydrogen) atoms. The maximum Gasteiger partial charge on any atom is 0.163 e. The van der Waals surface area contributed by atoms with Gasteiger partial charge in [0.15, 0.2) is 5.65 Å². The van der Waals surface area contributed by atoms with Crippen LogP contribution in [0.15, 0.2) is 24.9 Å². The van der Waals surface area contributed by atoms with Gasteiger partial charge in [-0.15, -0.1) is 5.10 Å². The highest BCUT2D eigenvalue weighted by Crippen LogP contribution is 2.23. The summed E-state index contributed by atoms with van der Waals surface area (Å²) in [4.78, 5) is 8.65. The van der Waals surface area contributed by atoms with Crippen LogP contribution in [0.5, 0.6) is 0 Å². The van der Waals surface area contributed by atoms with Crippen molar-refractivity contribution in [2.45, 2.75) is 32.9 Å². The van der Waals surface area contributed by atoms with Crippen LogP contribution in [0.2, 0.25) is 0 Å². The van der Waals surface area contributed by atoms with Gasteiger partial charge in [0.1, 0.15) is 12.1 Å². The molecule has 0 unspecified atom stereocenters. The third-order valence-electron chi connectivity index (χ3n) is 3.11. The summed E-state index contributed by atoms with van der Waals surface area (Å²) in [5.41, 5.74) is 0.717. The van der Waals surface area contributed by atoms with Gasteiger partial charge in [-0.3, -0.25) is 4.68 Å². The van der Waals surface area contributed by atoms with E-state index in [0.717, 1.165) is 23.4 Å². The molecule has 0 aromatic carbocycles. The van der Waals surface area contributed by atoms with Crippen LogP contribution in [-0.4, -0.2) is 41.3 Å². The molecular weight excluding hydrogens is 268 g/mol. The Morgan fingerprint density at radius 3 is 2.81 bits per heavy atom. The van der Waals surface area contributed by atoms with Crippen LogP contribution in [0.1, 0.15) is 20.8 Å². The Labute approximate surface area is 122 Å². The van der Waals surface area contributed by atoms with E-state index in [1.165, 1.54) is 0 Å². The zero-order valence-electron chi connectivity index (χ0n) is 12.4. The summed E-state index contributed by atoms with van der Waals surface area (Å²) < 4.78 is 3.68. The predicted molar refractivity (Wildman–Crippen MR) is 78.8 cm³/mol. The molecule has 0 radical (unpaired) electrons.